The molecule has 2 aromatic heterocycles. The monoisotopic (exact) mass is 227 g/mol. The molecule has 0 saturated carbocycles. The molecule has 0 aromatic carbocycles. The molecule has 2 heterocycles. The van der Waals surface area contributed by atoms with Crippen LogP contribution in [-0.4, -0.2) is 14.8 Å². The van der Waals surface area contributed by atoms with Gasteiger partial charge in [-0.3, -0.25) is 0 Å². The number of rotatable bonds is 1. The highest BCUT2D eigenvalue weighted by molar-refractivity contribution is 5.26. The molecule has 0 spiro atoms. The van der Waals surface area contributed by atoms with E-state index >= 15 is 0 Å². The molecule has 0 bridgehead atoms. The van der Waals surface area contributed by atoms with E-state index in [0.717, 1.165) is 4.68 Å². The number of nitrogens with zero attached hydrogens (tertiary/aromatic N) is 3. The minimum atomic E-state index is -4.43. The number of alkyl halides is 3. The van der Waals surface area contributed by atoms with Crippen molar-refractivity contribution in [3.8, 4) is 5.82 Å². The van der Waals surface area contributed by atoms with E-state index in [1.807, 2.05) is 0 Å². The van der Waals surface area contributed by atoms with Crippen molar-refractivity contribution in [3.05, 3.63) is 41.9 Å². The maximum Gasteiger partial charge on any atom is 0.435 e. The Morgan fingerprint density at radius 3 is 2.50 bits per heavy atom. The second-order valence-electron chi connectivity index (χ2n) is 3.29. The van der Waals surface area contributed by atoms with E-state index in [1.54, 1.807) is 18.2 Å². The van der Waals surface area contributed by atoms with Crippen molar-refractivity contribution >= 4 is 0 Å². The van der Waals surface area contributed by atoms with E-state index in [1.165, 1.54) is 19.3 Å². The van der Waals surface area contributed by atoms with Gasteiger partial charge in [0.05, 0.1) is 0 Å². The van der Waals surface area contributed by atoms with Crippen LogP contribution in [0.4, 0.5) is 13.2 Å². The molecular formula is C10H8F3N3. The first kappa shape index (κ1) is 10.7. The van der Waals surface area contributed by atoms with E-state index in [2.05, 4.69) is 10.1 Å². The molecule has 0 radical (unpaired) electrons. The van der Waals surface area contributed by atoms with E-state index in [-0.39, 0.29) is 5.56 Å². The summed E-state index contributed by atoms with van der Waals surface area (Å²) in [7, 11) is 0. The van der Waals surface area contributed by atoms with Gasteiger partial charge in [0.1, 0.15) is 0 Å². The minimum absolute atomic E-state index is 0.0816. The molecule has 2 rings (SSSR count). The van der Waals surface area contributed by atoms with Crippen molar-refractivity contribution in [1.82, 2.24) is 14.8 Å². The van der Waals surface area contributed by atoms with Crippen LogP contribution in [0.1, 0.15) is 11.3 Å². The Morgan fingerprint density at radius 2 is 2.00 bits per heavy atom. The zero-order valence-electron chi connectivity index (χ0n) is 8.36. The molecule has 0 aliphatic rings. The predicted molar refractivity (Wildman–Crippen MR) is 51.1 cm³/mol. The van der Waals surface area contributed by atoms with Gasteiger partial charge in [-0.25, -0.2) is 9.67 Å². The SMILES string of the molecule is Cc1cn(-c2ccccn2)nc1C(F)(F)F. The number of aromatic nitrogens is 3. The Labute approximate surface area is 89.5 Å². The van der Waals surface area contributed by atoms with Gasteiger partial charge in [0, 0.05) is 18.0 Å². The van der Waals surface area contributed by atoms with Crippen LogP contribution in [-0.2, 0) is 6.18 Å². The largest absolute Gasteiger partial charge is 0.435 e. The summed E-state index contributed by atoms with van der Waals surface area (Å²) in [5, 5.41) is 3.48. The summed E-state index contributed by atoms with van der Waals surface area (Å²) in [6.45, 7) is 1.37. The maximum absolute atomic E-state index is 12.5. The summed E-state index contributed by atoms with van der Waals surface area (Å²) in [6.07, 6.45) is -1.62. The van der Waals surface area contributed by atoms with Gasteiger partial charge < -0.3 is 0 Å². The molecule has 0 unspecified atom stereocenters. The first-order chi connectivity index (χ1) is 7.48. The molecule has 6 heteroatoms. The van der Waals surface area contributed by atoms with Crippen LogP contribution in [0.25, 0.3) is 5.82 Å². The van der Waals surface area contributed by atoms with Crippen molar-refractivity contribution in [3.63, 3.8) is 0 Å². The molecule has 0 fully saturated rings. The highest BCUT2D eigenvalue weighted by Gasteiger charge is 2.36. The van der Waals surface area contributed by atoms with Gasteiger partial charge in [0.25, 0.3) is 0 Å². The Hall–Kier alpha value is -1.85. The van der Waals surface area contributed by atoms with Gasteiger partial charge in [0.2, 0.25) is 0 Å². The van der Waals surface area contributed by atoms with E-state index in [9.17, 15) is 13.2 Å². The van der Waals surface area contributed by atoms with Crippen LogP contribution in [0.5, 0.6) is 0 Å². The zero-order chi connectivity index (χ0) is 11.8. The Bertz CT molecular complexity index is 488. The zero-order valence-corrected chi connectivity index (χ0v) is 8.36. The highest BCUT2D eigenvalue weighted by atomic mass is 19.4. The fourth-order valence-corrected chi connectivity index (χ4v) is 1.35. The standard InChI is InChI=1S/C10H8F3N3/c1-7-6-16(8-4-2-3-5-14-8)15-9(7)10(11,12)13/h2-6H,1H3. The molecule has 0 atom stereocenters. The average molecular weight is 227 g/mol. The topological polar surface area (TPSA) is 30.7 Å². The van der Waals surface area contributed by atoms with Crippen LogP contribution >= 0.6 is 0 Å². The summed E-state index contributed by atoms with van der Waals surface area (Å²) in [5.74, 6) is 0.362. The molecular weight excluding hydrogens is 219 g/mol. The first-order valence-corrected chi connectivity index (χ1v) is 4.53. The molecule has 0 amide bonds. The summed E-state index contributed by atoms with van der Waals surface area (Å²) < 4.78 is 38.6. The van der Waals surface area contributed by atoms with Crippen LogP contribution in [0.2, 0.25) is 0 Å². The Balaban J connectivity index is 2.47. The predicted octanol–water partition coefficient (Wildman–Crippen LogP) is 2.59. The van der Waals surface area contributed by atoms with Gasteiger partial charge in [-0.05, 0) is 19.1 Å². The second kappa shape index (κ2) is 3.62. The normalized spacial score (nSPS) is 11.8. The van der Waals surface area contributed by atoms with E-state index in [0.29, 0.717) is 5.82 Å². The Morgan fingerprint density at radius 1 is 1.25 bits per heavy atom. The lowest BCUT2D eigenvalue weighted by atomic mass is 10.3. The molecule has 0 saturated heterocycles. The smallest absolute Gasteiger partial charge is 0.237 e. The third-order valence-electron chi connectivity index (χ3n) is 2.05. The van der Waals surface area contributed by atoms with Crippen molar-refractivity contribution in [2.24, 2.45) is 0 Å². The number of halogens is 3. The van der Waals surface area contributed by atoms with Crippen molar-refractivity contribution in [1.29, 1.82) is 0 Å². The summed E-state index contributed by atoms with van der Waals surface area (Å²) in [5.41, 5.74) is -0.795. The molecule has 84 valence electrons. The van der Waals surface area contributed by atoms with Crippen LogP contribution in [0, 0.1) is 6.92 Å². The van der Waals surface area contributed by atoms with E-state index < -0.39 is 11.9 Å². The van der Waals surface area contributed by atoms with Crippen molar-refractivity contribution in [2.75, 3.05) is 0 Å². The fraction of sp³-hybridized carbons (Fsp3) is 0.200. The number of hydrogen-bond donors (Lipinski definition) is 0. The van der Waals surface area contributed by atoms with Gasteiger partial charge >= 0.3 is 6.18 Å². The lowest BCUT2D eigenvalue weighted by Crippen LogP contribution is -2.08. The van der Waals surface area contributed by atoms with Gasteiger partial charge in [-0.1, -0.05) is 6.07 Å². The van der Waals surface area contributed by atoms with Crippen molar-refractivity contribution in [2.45, 2.75) is 13.1 Å². The Kier molecular flexibility index (Phi) is 2.41. The lowest BCUT2D eigenvalue weighted by Gasteiger charge is -2.02. The molecule has 0 aliphatic carbocycles. The fourth-order valence-electron chi connectivity index (χ4n) is 1.35. The molecule has 2 aromatic rings. The third-order valence-corrected chi connectivity index (χ3v) is 2.05. The molecule has 3 nitrogen and oxygen atoms in total. The number of hydrogen-bond acceptors (Lipinski definition) is 2. The first-order valence-electron chi connectivity index (χ1n) is 4.53. The van der Waals surface area contributed by atoms with Crippen LogP contribution in [0.3, 0.4) is 0 Å². The van der Waals surface area contributed by atoms with Crippen LogP contribution < -0.4 is 0 Å². The third kappa shape index (κ3) is 1.91. The van der Waals surface area contributed by atoms with Gasteiger partial charge in [-0.2, -0.15) is 18.3 Å². The summed E-state index contributed by atoms with van der Waals surface area (Å²) in [6, 6.07) is 4.96. The lowest BCUT2D eigenvalue weighted by molar-refractivity contribution is -0.141. The molecule has 0 N–H and O–H groups in total. The quantitative estimate of drug-likeness (QED) is 0.749. The van der Waals surface area contributed by atoms with Crippen LogP contribution in [0.15, 0.2) is 30.6 Å². The minimum Gasteiger partial charge on any atom is -0.237 e. The maximum atomic E-state index is 12.5. The second-order valence-corrected chi connectivity index (χ2v) is 3.29. The summed E-state index contributed by atoms with van der Waals surface area (Å²) in [4.78, 5) is 3.92. The highest BCUT2D eigenvalue weighted by Crippen LogP contribution is 2.30. The van der Waals surface area contributed by atoms with E-state index in [4.69, 9.17) is 0 Å². The molecule has 0 aliphatic heterocycles. The number of pyridine rings is 1. The van der Waals surface area contributed by atoms with Gasteiger partial charge in [0.15, 0.2) is 11.5 Å². The van der Waals surface area contributed by atoms with Crippen molar-refractivity contribution < 1.29 is 13.2 Å². The summed E-state index contributed by atoms with van der Waals surface area (Å²) >= 11 is 0. The number of aryl methyl sites for hydroxylation is 1. The average Bonchev–Trinajstić information content (AvgIpc) is 2.61. The molecule has 16 heavy (non-hydrogen) atoms. The van der Waals surface area contributed by atoms with Gasteiger partial charge in [-0.15, -0.1) is 0 Å².